The highest BCUT2D eigenvalue weighted by Gasteiger charge is 2.16. The molecule has 4 heteroatoms. The lowest BCUT2D eigenvalue weighted by Crippen LogP contribution is -2.23. The van der Waals surface area contributed by atoms with E-state index in [0.29, 0.717) is 5.56 Å². The first-order chi connectivity index (χ1) is 7.11. The molecule has 15 heavy (non-hydrogen) atoms. The third-order valence-corrected chi connectivity index (χ3v) is 1.90. The molecule has 0 aliphatic heterocycles. The maximum absolute atomic E-state index is 11.8. The monoisotopic (exact) mass is 214 g/mol. The summed E-state index contributed by atoms with van der Waals surface area (Å²) >= 11 is 0. The molecule has 0 fully saturated rings. The minimum atomic E-state index is -2.55. The number of rotatable bonds is 5. The molecule has 0 amide bonds. The second-order valence-corrected chi connectivity index (χ2v) is 3.10. The van der Waals surface area contributed by atoms with Crippen LogP contribution in [0.4, 0.5) is 8.78 Å². The highest BCUT2D eigenvalue weighted by atomic mass is 19.3. The summed E-state index contributed by atoms with van der Waals surface area (Å²) in [5.41, 5.74) is 0.472. The van der Waals surface area contributed by atoms with Crippen molar-refractivity contribution in [3.8, 4) is 0 Å². The Labute approximate surface area is 86.9 Å². The van der Waals surface area contributed by atoms with E-state index >= 15 is 0 Å². The predicted molar refractivity (Wildman–Crippen MR) is 52.2 cm³/mol. The van der Waals surface area contributed by atoms with Gasteiger partial charge in [0, 0.05) is 5.56 Å². The quantitative estimate of drug-likeness (QED) is 0.704. The van der Waals surface area contributed by atoms with Gasteiger partial charge in [-0.25, -0.2) is 8.78 Å². The Bertz CT molecular complexity index is 312. The zero-order valence-corrected chi connectivity index (χ0v) is 8.32. The highest BCUT2D eigenvalue weighted by molar-refractivity contribution is 5.99. The van der Waals surface area contributed by atoms with Crippen LogP contribution < -0.4 is 0 Å². The van der Waals surface area contributed by atoms with E-state index in [1.807, 2.05) is 0 Å². The molecule has 0 spiro atoms. The predicted octanol–water partition coefficient (Wildman–Crippen LogP) is 2.54. The Morgan fingerprint density at radius 1 is 1.33 bits per heavy atom. The molecule has 1 aromatic rings. The lowest BCUT2D eigenvalue weighted by molar-refractivity contribution is -0.00985. The second kappa shape index (κ2) is 5.56. The molecular formula is C11H12F2O2. The van der Waals surface area contributed by atoms with Gasteiger partial charge in [-0.2, -0.15) is 0 Å². The van der Waals surface area contributed by atoms with E-state index in [1.165, 1.54) is 6.92 Å². The van der Waals surface area contributed by atoms with Crippen molar-refractivity contribution in [2.24, 2.45) is 0 Å². The summed E-state index contributed by atoms with van der Waals surface area (Å²) in [6.45, 7) is 0.761. The van der Waals surface area contributed by atoms with Gasteiger partial charge in [0.1, 0.15) is 12.7 Å². The number of Topliss-reactive ketones (excluding diaryl/α,β-unsaturated/α-hetero) is 1. The van der Waals surface area contributed by atoms with E-state index in [2.05, 4.69) is 0 Å². The van der Waals surface area contributed by atoms with Crippen LogP contribution in [0, 0.1) is 0 Å². The Balaban J connectivity index is 2.54. The lowest BCUT2D eigenvalue weighted by atomic mass is 10.1. The van der Waals surface area contributed by atoms with Gasteiger partial charge in [0.05, 0.1) is 0 Å². The number of hydrogen-bond acceptors (Lipinski definition) is 2. The van der Waals surface area contributed by atoms with Crippen molar-refractivity contribution < 1.29 is 18.3 Å². The minimum Gasteiger partial charge on any atom is -0.364 e. The molecule has 1 atom stereocenters. The van der Waals surface area contributed by atoms with Gasteiger partial charge >= 0.3 is 0 Å². The molecular weight excluding hydrogens is 202 g/mol. The van der Waals surface area contributed by atoms with Gasteiger partial charge in [0.2, 0.25) is 0 Å². The standard InChI is InChI=1S/C11H12F2O2/c1-8(15-7-10(12)13)11(14)9-5-3-2-4-6-9/h2-6,8,10H,7H2,1H3. The number of benzene rings is 1. The molecule has 0 N–H and O–H groups in total. The molecule has 82 valence electrons. The second-order valence-electron chi connectivity index (χ2n) is 3.10. The number of hydrogen-bond donors (Lipinski definition) is 0. The number of carbonyl (C=O) groups excluding carboxylic acids is 1. The van der Waals surface area contributed by atoms with Crippen LogP contribution in [0.5, 0.6) is 0 Å². The van der Waals surface area contributed by atoms with E-state index in [0.717, 1.165) is 0 Å². The number of alkyl halides is 2. The van der Waals surface area contributed by atoms with Crippen LogP contribution in [0.25, 0.3) is 0 Å². The molecule has 0 aliphatic carbocycles. The number of halogens is 2. The van der Waals surface area contributed by atoms with Gasteiger partial charge in [0.25, 0.3) is 6.43 Å². The van der Waals surface area contributed by atoms with Crippen LogP contribution in [0.2, 0.25) is 0 Å². The fourth-order valence-electron chi connectivity index (χ4n) is 1.13. The Morgan fingerprint density at radius 3 is 2.47 bits per heavy atom. The Hall–Kier alpha value is -1.29. The first kappa shape index (κ1) is 11.8. The Kier molecular flexibility index (Phi) is 4.37. The van der Waals surface area contributed by atoms with E-state index in [-0.39, 0.29) is 5.78 Å². The molecule has 0 saturated heterocycles. The fourth-order valence-corrected chi connectivity index (χ4v) is 1.13. The van der Waals surface area contributed by atoms with Crippen LogP contribution in [0.1, 0.15) is 17.3 Å². The van der Waals surface area contributed by atoms with Crippen molar-refractivity contribution in [3.05, 3.63) is 35.9 Å². The number of ketones is 1. The SMILES string of the molecule is CC(OCC(F)F)C(=O)c1ccccc1. The lowest BCUT2D eigenvalue weighted by Gasteiger charge is -2.11. The Morgan fingerprint density at radius 2 is 1.93 bits per heavy atom. The molecule has 0 heterocycles. The van der Waals surface area contributed by atoms with Crippen molar-refractivity contribution in [1.82, 2.24) is 0 Å². The summed E-state index contributed by atoms with van der Waals surface area (Å²) in [5, 5.41) is 0. The van der Waals surface area contributed by atoms with Crippen molar-refractivity contribution in [1.29, 1.82) is 0 Å². The van der Waals surface area contributed by atoms with Crippen molar-refractivity contribution >= 4 is 5.78 Å². The van der Waals surface area contributed by atoms with Gasteiger partial charge < -0.3 is 4.74 Å². The minimum absolute atomic E-state index is 0.281. The normalized spacial score (nSPS) is 12.8. The molecule has 0 aromatic heterocycles. The maximum Gasteiger partial charge on any atom is 0.261 e. The summed E-state index contributed by atoms with van der Waals surface area (Å²) < 4.78 is 28.4. The maximum atomic E-state index is 11.8. The van der Waals surface area contributed by atoms with Crippen molar-refractivity contribution in [3.63, 3.8) is 0 Å². The average Bonchev–Trinajstić information content (AvgIpc) is 2.26. The summed E-state index contributed by atoms with van der Waals surface area (Å²) in [6, 6.07) is 8.47. The van der Waals surface area contributed by atoms with E-state index in [4.69, 9.17) is 4.74 Å². The molecule has 1 unspecified atom stereocenters. The topological polar surface area (TPSA) is 26.3 Å². The van der Waals surface area contributed by atoms with Crippen LogP contribution >= 0.6 is 0 Å². The summed E-state index contributed by atoms with van der Waals surface area (Å²) in [6.07, 6.45) is -3.38. The first-order valence-corrected chi connectivity index (χ1v) is 4.60. The van der Waals surface area contributed by atoms with Crippen molar-refractivity contribution in [2.45, 2.75) is 19.5 Å². The smallest absolute Gasteiger partial charge is 0.261 e. The summed E-state index contributed by atoms with van der Waals surface area (Å²) in [5.74, 6) is -0.281. The van der Waals surface area contributed by atoms with Crippen LogP contribution in [0.15, 0.2) is 30.3 Å². The van der Waals surface area contributed by atoms with Gasteiger partial charge in [-0.05, 0) is 6.92 Å². The van der Waals surface area contributed by atoms with E-state index in [1.54, 1.807) is 30.3 Å². The van der Waals surface area contributed by atoms with Crippen molar-refractivity contribution in [2.75, 3.05) is 6.61 Å². The van der Waals surface area contributed by atoms with Gasteiger partial charge in [0.15, 0.2) is 5.78 Å². The molecule has 0 radical (unpaired) electrons. The van der Waals surface area contributed by atoms with E-state index in [9.17, 15) is 13.6 Å². The highest BCUT2D eigenvalue weighted by Crippen LogP contribution is 2.07. The molecule has 0 saturated carbocycles. The average molecular weight is 214 g/mol. The largest absolute Gasteiger partial charge is 0.364 e. The first-order valence-electron chi connectivity index (χ1n) is 4.60. The third-order valence-electron chi connectivity index (χ3n) is 1.90. The van der Waals surface area contributed by atoms with Gasteiger partial charge in [-0.3, -0.25) is 4.79 Å². The zero-order chi connectivity index (χ0) is 11.3. The van der Waals surface area contributed by atoms with Gasteiger partial charge in [-0.1, -0.05) is 30.3 Å². The molecule has 0 aliphatic rings. The third kappa shape index (κ3) is 3.75. The zero-order valence-electron chi connectivity index (χ0n) is 8.32. The van der Waals surface area contributed by atoms with Crippen LogP contribution in [0.3, 0.4) is 0 Å². The van der Waals surface area contributed by atoms with Crippen LogP contribution in [-0.4, -0.2) is 24.9 Å². The number of ether oxygens (including phenoxy) is 1. The molecule has 1 aromatic carbocycles. The molecule has 0 bridgehead atoms. The molecule has 1 rings (SSSR count). The van der Waals surface area contributed by atoms with Gasteiger partial charge in [-0.15, -0.1) is 0 Å². The number of carbonyl (C=O) groups is 1. The fraction of sp³-hybridized carbons (Fsp3) is 0.364. The summed E-state index contributed by atoms with van der Waals surface area (Å²) in [7, 11) is 0. The van der Waals surface area contributed by atoms with E-state index < -0.39 is 19.1 Å². The summed E-state index contributed by atoms with van der Waals surface area (Å²) in [4.78, 5) is 11.6. The van der Waals surface area contributed by atoms with Crippen LogP contribution in [-0.2, 0) is 4.74 Å². The molecule has 2 nitrogen and oxygen atoms in total.